The number of anilines is 1. The molecule has 0 aliphatic heterocycles. The van der Waals surface area contributed by atoms with E-state index >= 15 is 0 Å². The van der Waals surface area contributed by atoms with Crippen LogP contribution in [0.2, 0.25) is 5.02 Å². The van der Waals surface area contributed by atoms with Gasteiger partial charge in [-0.05, 0) is 12.5 Å². The first-order valence-corrected chi connectivity index (χ1v) is 4.39. The highest BCUT2D eigenvalue weighted by atomic mass is 35.5. The van der Waals surface area contributed by atoms with Crippen molar-refractivity contribution >= 4 is 23.1 Å². The molecule has 0 radical (unpaired) electrons. The van der Waals surface area contributed by atoms with Gasteiger partial charge in [-0.15, -0.1) is 0 Å². The molecule has 4 nitrogen and oxygen atoms in total. The quantitative estimate of drug-likeness (QED) is 0.753. The zero-order valence-electron chi connectivity index (χ0n) is 7.16. The molecule has 0 unspecified atom stereocenters. The summed E-state index contributed by atoms with van der Waals surface area (Å²) in [4.78, 5) is 4.10. The highest BCUT2D eigenvalue weighted by Crippen LogP contribution is 2.21. The molecule has 2 heterocycles. The van der Waals surface area contributed by atoms with Crippen molar-refractivity contribution in [3.8, 4) is 0 Å². The summed E-state index contributed by atoms with van der Waals surface area (Å²) in [6.45, 7) is 1.99. The molecule has 5 heteroatoms. The van der Waals surface area contributed by atoms with E-state index in [0.717, 1.165) is 12.1 Å². The number of fused-ring (bicyclic) bond motifs is 1. The van der Waals surface area contributed by atoms with Gasteiger partial charge in [0.05, 0.1) is 5.69 Å². The van der Waals surface area contributed by atoms with Crippen molar-refractivity contribution in [1.29, 1.82) is 0 Å². The van der Waals surface area contributed by atoms with Gasteiger partial charge in [0, 0.05) is 6.20 Å². The van der Waals surface area contributed by atoms with Crippen molar-refractivity contribution in [3.63, 3.8) is 0 Å². The largest absolute Gasteiger partial charge is 0.384 e. The third-order valence-corrected chi connectivity index (χ3v) is 2.28. The summed E-state index contributed by atoms with van der Waals surface area (Å²) >= 11 is 6.03. The zero-order valence-corrected chi connectivity index (χ0v) is 7.91. The van der Waals surface area contributed by atoms with Crippen LogP contribution in [0.15, 0.2) is 12.3 Å². The van der Waals surface area contributed by atoms with E-state index in [-0.39, 0.29) is 0 Å². The fourth-order valence-corrected chi connectivity index (χ4v) is 1.51. The number of rotatable bonds is 1. The molecule has 0 saturated heterocycles. The van der Waals surface area contributed by atoms with Crippen molar-refractivity contribution in [2.75, 3.05) is 5.73 Å². The predicted octanol–water partition coefficient (Wildman–Crippen LogP) is 1.53. The van der Waals surface area contributed by atoms with Gasteiger partial charge in [-0.2, -0.15) is 9.61 Å². The molecule has 13 heavy (non-hydrogen) atoms. The van der Waals surface area contributed by atoms with Crippen LogP contribution < -0.4 is 5.73 Å². The minimum Gasteiger partial charge on any atom is -0.384 e. The average Bonchev–Trinajstić information content (AvgIpc) is 2.45. The zero-order chi connectivity index (χ0) is 9.42. The highest BCUT2D eigenvalue weighted by Gasteiger charge is 2.10. The van der Waals surface area contributed by atoms with Crippen LogP contribution in [0.25, 0.3) is 5.65 Å². The van der Waals surface area contributed by atoms with Crippen LogP contribution >= 0.6 is 11.6 Å². The van der Waals surface area contributed by atoms with Crippen LogP contribution in [-0.2, 0) is 6.42 Å². The first kappa shape index (κ1) is 8.31. The molecular weight excluding hydrogens is 188 g/mol. The molecule has 0 saturated carbocycles. The van der Waals surface area contributed by atoms with Gasteiger partial charge in [-0.25, -0.2) is 4.98 Å². The van der Waals surface area contributed by atoms with Gasteiger partial charge in [0.1, 0.15) is 10.8 Å². The van der Waals surface area contributed by atoms with Crippen LogP contribution in [0, 0.1) is 0 Å². The Morgan fingerprint density at radius 1 is 1.62 bits per heavy atom. The molecule has 2 rings (SSSR count). The van der Waals surface area contributed by atoms with E-state index < -0.39 is 0 Å². The van der Waals surface area contributed by atoms with Crippen molar-refractivity contribution in [2.24, 2.45) is 0 Å². The van der Waals surface area contributed by atoms with Crippen molar-refractivity contribution in [3.05, 3.63) is 23.0 Å². The van der Waals surface area contributed by atoms with Gasteiger partial charge in [-0.1, -0.05) is 18.5 Å². The molecule has 2 aromatic heterocycles. The molecular formula is C8H9ClN4. The fourth-order valence-electron chi connectivity index (χ4n) is 1.21. The second kappa shape index (κ2) is 2.88. The summed E-state index contributed by atoms with van der Waals surface area (Å²) in [5.74, 6) is 0.548. The molecule has 0 aliphatic carbocycles. The number of aryl methyl sites for hydroxylation is 1. The third-order valence-electron chi connectivity index (χ3n) is 1.89. The Balaban J connectivity index is 2.83. The molecule has 0 fully saturated rings. The summed E-state index contributed by atoms with van der Waals surface area (Å²) in [5, 5.41) is 4.82. The van der Waals surface area contributed by atoms with Gasteiger partial charge in [-0.3, -0.25) is 0 Å². The fraction of sp³-hybridized carbons (Fsp3) is 0.250. The summed E-state index contributed by atoms with van der Waals surface area (Å²) in [7, 11) is 0. The molecule has 0 aliphatic rings. The van der Waals surface area contributed by atoms with E-state index in [1.54, 1.807) is 16.8 Å². The summed E-state index contributed by atoms with van der Waals surface area (Å²) < 4.78 is 1.56. The maximum atomic E-state index is 6.03. The monoisotopic (exact) mass is 196 g/mol. The lowest BCUT2D eigenvalue weighted by molar-refractivity contribution is 0.896. The van der Waals surface area contributed by atoms with E-state index in [0.29, 0.717) is 16.5 Å². The van der Waals surface area contributed by atoms with E-state index in [9.17, 15) is 0 Å². The minimum absolute atomic E-state index is 0.548. The average molecular weight is 197 g/mol. The SMILES string of the molecule is CCc1nn2c(N)ccnc2c1Cl. The molecule has 2 aromatic rings. The van der Waals surface area contributed by atoms with Gasteiger partial charge >= 0.3 is 0 Å². The lowest BCUT2D eigenvalue weighted by atomic mass is 10.3. The van der Waals surface area contributed by atoms with Gasteiger partial charge in [0.25, 0.3) is 0 Å². The lowest BCUT2D eigenvalue weighted by Gasteiger charge is -1.95. The van der Waals surface area contributed by atoms with Crippen LogP contribution in [-0.4, -0.2) is 14.6 Å². The number of halogens is 1. The Labute approximate surface area is 80.3 Å². The predicted molar refractivity (Wildman–Crippen MR) is 51.8 cm³/mol. The van der Waals surface area contributed by atoms with Crippen LogP contribution in [0.3, 0.4) is 0 Å². The Bertz CT molecular complexity index is 449. The normalized spacial score (nSPS) is 10.9. The van der Waals surface area contributed by atoms with Crippen LogP contribution in [0.1, 0.15) is 12.6 Å². The molecule has 2 N–H and O–H groups in total. The Hall–Kier alpha value is -1.29. The van der Waals surface area contributed by atoms with Gasteiger partial charge in [0.2, 0.25) is 0 Å². The van der Waals surface area contributed by atoms with E-state index in [1.807, 2.05) is 6.92 Å². The number of nitrogen functional groups attached to an aromatic ring is 1. The molecule has 0 aromatic carbocycles. The van der Waals surface area contributed by atoms with Gasteiger partial charge < -0.3 is 5.73 Å². The Kier molecular flexibility index (Phi) is 1.84. The maximum Gasteiger partial charge on any atom is 0.176 e. The Morgan fingerprint density at radius 2 is 2.38 bits per heavy atom. The minimum atomic E-state index is 0.548. The smallest absolute Gasteiger partial charge is 0.176 e. The van der Waals surface area contributed by atoms with Crippen molar-refractivity contribution in [2.45, 2.75) is 13.3 Å². The van der Waals surface area contributed by atoms with Crippen LogP contribution in [0.5, 0.6) is 0 Å². The number of nitrogens with two attached hydrogens (primary N) is 1. The lowest BCUT2D eigenvalue weighted by Crippen LogP contribution is -1.98. The number of hydrogen-bond acceptors (Lipinski definition) is 3. The maximum absolute atomic E-state index is 6.03. The first-order valence-electron chi connectivity index (χ1n) is 4.01. The van der Waals surface area contributed by atoms with Crippen molar-refractivity contribution < 1.29 is 0 Å². The number of hydrogen-bond donors (Lipinski definition) is 1. The van der Waals surface area contributed by atoms with Crippen LogP contribution in [0.4, 0.5) is 5.82 Å². The molecule has 68 valence electrons. The van der Waals surface area contributed by atoms with E-state index in [1.165, 1.54) is 0 Å². The van der Waals surface area contributed by atoms with E-state index in [2.05, 4.69) is 10.1 Å². The van der Waals surface area contributed by atoms with Crippen molar-refractivity contribution in [1.82, 2.24) is 14.6 Å². The van der Waals surface area contributed by atoms with E-state index in [4.69, 9.17) is 17.3 Å². The summed E-state index contributed by atoms with van der Waals surface area (Å²) in [5.41, 5.74) is 7.14. The summed E-state index contributed by atoms with van der Waals surface area (Å²) in [6.07, 6.45) is 2.40. The second-order valence-electron chi connectivity index (χ2n) is 2.72. The molecule has 0 bridgehead atoms. The second-order valence-corrected chi connectivity index (χ2v) is 3.10. The Morgan fingerprint density at radius 3 is 3.00 bits per heavy atom. The highest BCUT2D eigenvalue weighted by molar-refractivity contribution is 6.34. The molecule has 0 amide bonds. The standard InChI is InChI=1S/C8H9ClN4/c1-2-5-7(9)8-11-4-3-6(10)13(8)12-5/h3-4H,2,10H2,1H3. The number of nitrogens with zero attached hydrogens (tertiary/aromatic N) is 3. The number of aromatic nitrogens is 3. The topological polar surface area (TPSA) is 56.2 Å². The molecule has 0 atom stereocenters. The summed E-state index contributed by atoms with van der Waals surface area (Å²) in [6, 6.07) is 1.69. The molecule has 0 spiro atoms. The third kappa shape index (κ3) is 1.14. The van der Waals surface area contributed by atoms with Gasteiger partial charge in [0.15, 0.2) is 5.65 Å². The first-order chi connectivity index (χ1) is 6.24.